The standard InChI is InChI=1S/C9H7BrF5NO/c10-4-1-2-5(11)6(7(4)12)8(17,3-16)9(13,14)15/h1-2,17H,3,16H2. The normalized spacial score (nSPS) is 15.8. The average molecular weight is 320 g/mol. The summed E-state index contributed by atoms with van der Waals surface area (Å²) in [6.45, 7) is -1.39. The van der Waals surface area contributed by atoms with Crippen LogP contribution in [0, 0.1) is 11.6 Å². The molecule has 0 amide bonds. The van der Waals surface area contributed by atoms with Crippen LogP contribution in [0.5, 0.6) is 0 Å². The molecule has 0 radical (unpaired) electrons. The van der Waals surface area contributed by atoms with Gasteiger partial charge >= 0.3 is 6.18 Å². The van der Waals surface area contributed by atoms with Crippen molar-refractivity contribution in [2.45, 2.75) is 11.8 Å². The van der Waals surface area contributed by atoms with E-state index in [9.17, 15) is 27.1 Å². The van der Waals surface area contributed by atoms with Gasteiger partial charge in [0.25, 0.3) is 0 Å². The minimum Gasteiger partial charge on any atom is -0.375 e. The Hall–Kier alpha value is -0.730. The van der Waals surface area contributed by atoms with E-state index in [1.807, 2.05) is 0 Å². The van der Waals surface area contributed by atoms with Gasteiger partial charge in [0.15, 0.2) is 0 Å². The minimum atomic E-state index is -5.29. The summed E-state index contributed by atoms with van der Waals surface area (Å²) in [6, 6.07) is 1.50. The van der Waals surface area contributed by atoms with Crippen molar-refractivity contribution >= 4 is 15.9 Å². The lowest BCUT2D eigenvalue weighted by Crippen LogP contribution is -2.49. The van der Waals surface area contributed by atoms with Crippen LogP contribution < -0.4 is 5.73 Å². The number of benzene rings is 1. The lowest BCUT2D eigenvalue weighted by atomic mass is 9.92. The first-order chi connectivity index (χ1) is 7.65. The number of nitrogens with two attached hydrogens (primary N) is 1. The van der Waals surface area contributed by atoms with Crippen LogP contribution in [0.3, 0.4) is 0 Å². The zero-order chi connectivity index (χ0) is 13.4. The molecule has 1 aromatic rings. The van der Waals surface area contributed by atoms with Gasteiger partial charge in [0.2, 0.25) is 5.60 Å². The molecule has 0 aliphatic heterocycles. The molecule has 2 nitrogen and oxygen atoms in total. The molecule has 0 saturated heterocycles. The molecule has 1 unspecified atom stereocenters. The molecule has 96 valence electrons. The van der Waals surface area contributed by atoms with E-state index in [1.54, 1.807) is 0 Å². The molecule has 17 heavy (non-hydrogen) atoms. The highest BCUT2D eigenvalue weighted by Gasteiger charge is 2.56. The fraction of sp³-hybridized carbons (Fsp3) is 0.333. The highest BCUT2D eigenvalue weighted by molar-refractivity contribution is 9.10. The summed E-state index contributed by atoms with van der Waals surface area (Å²) in [5.41, 5.74) is -0.477. The molecule has 0 bridgehead atoms. The fourth-order valence-electron chi connectivity index (χ4n) is 1.27. The van der Waals surface area contributed by atoms with Crippen LogP contribution in [0.4, 0.5) is 22.0 Å². The topological polar surface area (TPSA) is 46.2 Å². The Labute approximate surface area is 101 Å². The van der Waals surface area contributed by atoms with E-state index in [-0.39, 0.29) is 0 Å². The number of halogens is 6. The number of hydrogen-bond donors (Lipinski definition) is 2. The number of rotatable bonds is 2. The number of aliphatic hydroxyl groups is 1. The fourth-order valence-corrected chi connectivity index (χ4v) is 1.60. The van der Waals surface area contributed by atoms with Gasteiger partial charge in [-0.05, 0) is 28.1 Å². The van der Waals surface area contributed by atoms with Crippen LogP contribution in [0.2, 0.25) is 0 Å². The second-order valence-electron chi connectivity index (χ2n) is 3.28. The Balaban J connectivity index is 3.56. The lowest BCUT2D eigenvalue weighted by molar-refractivity contribution is -0.264. The Morgan fingerprint density at radius 3 is 2.18 bits per heavy atom. The predicted octanol–water partition coefficient (Wildman–Crippen LogP) is 2.44. The number of alkyl halides is 3. The molecular weight excluding hydrogens is 313 g/mol. The smallest absolute Gasteiger partial charge is 0.375 e. The molecule has 0 fully saturated rings. The molecule has 0 heterocycles. The largest absolute Gasteiger partial charge is 0.422 e. The molecule has 1 aromatic carbocycles. The molecule has 1 atom stereocenters. The summed E-state index contributed by atoms with van der Waals surface area (Å²) in [5.74, 6) is -3.05. The van der Waals surface area contributed by atoms with E-state index in [0.717, 1.165) is 6.07 Å². The molecule has 0 aliphatic rings. The summed E-state index contributed by atoms with van der Waals surface area (Å²) in [5, 5.41) is 9.36. The zero-order valence-corrected chi connectivity index (χ0v) is 9.74. The van der Waals surface area contributed by atoms with Crippen LogP contribution in [-0.2, 0) is 5.60 Å². The van der Waals surface area contributed by atoms with E-state index in [2.05, 4.69) is 15.9 Å². The Kier molecular flexibility index (Phi) is 3.80. The van der Waals surface area contributed by atoms with Crippen molar-refractivity contribution in [3.63, 3.8) is 0 Å². The molecular formula is C9H7BrF5NO. The Morgan fingerprint density at radius 2 is 1.76 bits per heavy atom. The van der Waals surface area contributed by atoms with Crippen LogP contribution in [-0.4, -0.2) is 17.8 Å². The van der Waals surface area contributed by atoms with Crippen molar-refractivity contribution in [1.82, 2.24) is 0 Å². The quantitative estimate of drug-likeness (QED) is 0.649. The van der Waals surface area contributed by atoms with E-state index in [4.69, 9.17) is 5.73 Å². The highest BCUT2D eigenvalue weighted by atomic mass is 79.9. The van der Waals surface area contributed by atoms with Gasteiger partial charge in [0, 0.05) is 6.54 Å². The third-order valence-electron chi connectivity index (χ3n) is 2.22. The second-order valence-corrected chi connectivity index (χ2v) is 4.13. The van der Waals surface area contributed by atoms with Crippen molar-refractivity contribution in [3.05, 3.63) is 33.8 Å². The summed E-state index contributed by atoms with van der Waals surface area (Å²) in [7, 11) is 0. The van der Waals surface area contributed by atoms with Crippen LogP contribution >= 0.6 is 15.9 Å². The minimum absolute atomic E-state index is 0.398. The molecule has 0 aliphatic carbocycles. The van der Waals surface area contributed by atoms with E-state index in [1.165, 1.54) is 0 Å². The maximum absolute atomic E-state index is 13.5. The monoisotopic (exact) mass is 319 g/mol. The average Bonchev–Trinajstić information content (AvgIpc) is 2.22. The summed E-state index contributed by atoms with van der Waals surface area (Å²) >= 11 is 2.61. The molecule has 0 spiro atoms. The third kappa shape index (κ3) is 2.29. The molecule has 0 saturated carbocycles. The predicted molar refractivity (Wildman–Crippen MR) is 53.1 cm³/mol. The van der Waals surface area contributed by atoms with Gasteiger partial charge in [-0.25, -0.2) is 8.78 Å². The first kappa shape index (κ1) is 14.3. The summed E-state index contributed by atoms with van der Waals surface area (Å²) in [4.78, 5) is 0. The van der Waals surface area contributed by atoms with Gasteiger partial charge in [-0.15, -0.1) is 0 Å². The van der Waals surface area contributed by atoms with Crippen molar-refractivity contribution < 1.29 is 27.1 Å². The van der Waals surface area contributed by atoms with Gasteiger partial charge in [0.1, 0.15) is 11.6 Å². The Morgan fingerprint density at radius 1 is 1.24 bits per heavy atom. The van der Waals surface area contributed by atoms with Crippen LogP contribution in [0.25, 0.3) is 0 Å². The first-order valence-corrected chi connectivity index (χ1v) is 5.07. The molecule has 1 rings (SSSR count). The van der Waals surface area contributed by atoms with E-state index < -0.39 is 40.0 Å². The number of hydrogen-bond acceptors (Lipinski definition) is 2. The van der Waals surface area contributed by atoms with Crippen LogP contribution in [0.1, 0.15) is 5.56 Å². The van der Waals surface area contributed by atoms with E-state index >= 15 is 0 Å². The van der Waals surface area contributed by atoms with Gasteiger partial charge in [-0.2, -0.15) is 13.2 Å². The SMILES string of the molecule is NCC(O)(c1c(F)ccc(Br)c1F)C(F)(F)F. The van der Waals surface area contributed by atoms with Crippen molar-refractivity contribution in [3.8, 4) is 0 Å². The van der Waals surface area contributed by atoms with Gasteiger partial charge in [0.05, 0.1) is 10.0 Å². The molecule has 3 N–H and O–H groups in total. The van der Waals surface area contributed by atoms with Crippen molar-refractivity contribution in [2.75, 3.05) is 6.54 Å². The molecule has 8 heteroatoms. The van der Waals surface area contributed by atoms with Gasteiger partial charge in [-0.1, -0.05) is 0 Å². The van der Waals surface area contributed by atoms with Crippen LogP contribution in [0.15, 0.2) is 16.6 Å². The van der Waals surface area contributed by atoms with Crippen molar-refractivity contribution in [2.24, 2.45) is 5.73 Å². The maximum Gasteiger partial charge on any atom is 0.422 e. The van der Waals surface area contributed by atoms with Gasteiger partial charge in [-0.3, -0.25) is 0 Å². The zero-order valence-electron chi connectivity index (χ0n) is 8.15. The maximum atomic E-state index is 13.5. The first-order valence-electron chi connectivity index (χ1n) is 4.28. The summed E-state index contributed by atoms with van der Waals surface area (Å²) in [6.07, 6.45) is -5.29. The van der Waals surface area contributed by atoms with Gasteiger partial charge < -0.3 is 10.8 Å². The third-order valence-corrected chi connectivity index (χ3v) is 2.83. The lowest BCUT2D eigenvalue weighted by Gasteiger charge is -2.30. The summed E-state index contributed by atoms with van der Waals surface area (Å²) < 4.78 is 64.2. The van der Waals surface area contributed by atoms with E-state index in [0.29, 0.717) is 6.07 Å². The second kappa shape index (κ2) is 4.51. The van der Waals surface area contributed by atoms with Crippen molar-refractivity contribution in [1.29, 1.82) is 0 Å². The highest BCUT2D eigenvalue weighted by Crippen LogP contribution is 2.41. The molecule has 0 aromatic heterocycles. The Bertz CT molecular complexity index is 436.